The SMILES string of the molecule is O=CNCCCNC(=O)C(=O)NCCCCCO. The Morgan fingerprint density at radius 1 is 0.889 bits per heavy atom. The molecule has 0 aromatic heterocycles. The second kappa shape index (κ2) is 11.8. The average Bonchev–Trinajstić information content (AvgIpc) is 2.37. The predicted octanol–water partition coefficient (Wildman–Crippen LogP) is -1.48. The number of aliphatic hydroxyl groups excluding tert-OH is 1. The molecule has 3 amide bonds. The van der Waals surface area contributed by atoms with Crippen LogP contribution < -0.4 is 16.0 Å². The van der Waals surface area contributed by atoms with Crippen LogP contribution in [0.4, 0.5) is 0 Å². The van der Waals surface area contributed by atoms with Gasteiger partial charge in [-0.25, -0.2) is 0 Å². The Kier molecular flexibility index (Phi) is 10.8. The minimum absolute atomic E-state index is 0.142. The number of amides is 3. The van der Waals surface area contributed by atoms with E-state index in [1.807, 2.05) is 0 Å². The Bertz CT molecular complexity index is 259. The highest BCUT2D eigenvalue weighted by atomic mass is 16.3. The van der Waals surface area contributed by atoms with Crippen LogP contribution in [0.25, 0.3) is 0 Å². The van der Waals surface area contributed by atoms with E-state index in [1.165, 1.54) is 0 Å². The summed E-state index contributed by atoms with van der Waals surface area (Å²) < 4.78 is 0. The van der Waals surface area contributed by atoms with Crippen molar-refractivity contribution >= 4 is 18.2 Å². The Balaban J connectivity index is 3.45. The Morgan fingerprint density at radius 2 is 1.50 bits per heavy atom. The summed E-state index contributed by atoms with van der Waals surface area (Å²) in [4.78, 5) is 32.4. The molecule has 0 aromatic rings. The molecule has 0 aromatic carbocycles. The molecule has 0 fully saturated rings. The fourth-order valence-corrected chi connectivity index (χ4v) is 1.23. The number of hydrogen-bond donors (Lipinski definition) is 4. The van der Waals surface area contributed by atoms with Gasteiger partial charge in [0.05, 0.1) is 0 Å². The predicted molar refractivity (Wildman–Crippen MR) is 65.6 cm³/mol. The lowest BCUT2D eigenvalue weighted by Crippen LogP contribution is -2.41. The van der Waals surface area contributed by atoms with Crippen LogP contribution in [0, 0.1) is 0 Å². The first-order valence-electron chi connectivity index (χ1n) is 6.06. The molecule has 0 bridgehead atoms. The van der Waals surface area contributed by atoms with Gasteiger partial charge in [0, 0.05) is 26.2 Å². The Labute approximate surface area is 106 Å². The number of carbonyl (C=O) groups is 3. The number of hydrogen-bond acceptors (Lipinski definition) is 4. The van der Waals surface area contributed by atoms with E-state index in [-0.39, 0.29) is 6.61 Å². The quantitative estimate of drug-likeness (QED) is 0.218. The van der Waals surface area contributed by atoms with Crippen molar-refractivity contribution < 1.29 is 19.5 Å². The van der Waals surface area contributed by atoms with Crippen LogP contribution in [0.1, 0.15) is 25.7 Å². The van der Waals surface area contributed by atoms with Crippen molar-refractivity contribution in [2.24, 2.45) is 0 Å². The third-order valence-corrected chi connectivity index (χ3v) is 2.19. The molecule has 0 aliphatic heterocycles. The summed E-state index contributed by atoms with van der Waals surface area (Å²) in [5.74, 6) is -1.31. The summed E-state index contributed by atoms with van der Waals surface area (Å²) in [6.45, 7) is 1.38. The van der Waals surface area contributed by atoms with Crippen molar-refractivity contribution in [2.45, 2.75) is 25.7 Å². The molecule has 18 heavy (non-hydrogen) atoms. The normalized spacial score (nSPS) is 9.61. The van der Waals surface area contributed by atoms with E-state index >= 15 is 0 Å². The summed E-state index contributed by atoms with van der Waals surface area (Å²) in [5.41, 5.74) is 0. The zero-order valence-electron chi connectivity index (χ0n) is 10.4. The lowest BCUT2D eigenvalue weighted by atomic mass is 10.2. The fraction of sp³-hybridized carbons (Fsp3) is 0.727. The van der Waals surface area contributed by atoms with Crippen molar-refractivity contribution in [3.05, 3.63) is 0 Å². The third-order valence-electron chi connectivity index (χ3n) is 2.19. The van der Waals surface area contributed by atoms with E-state index in [0.29, 0.717) is 38.9 Å². The molecule has 0 atom stereocenters. The third kappa shape index (κ3) is 9.59. The molecule has 104 valence electrons. The van der Waals surface area contributed by atoms with Gasteiger partial charge < -0.3 is 21.1 Å². The second-order valence-corrected chi connectivity index (χ2v) is 3.72. The second-order valence-electron chi connectivity index (χ2n) is 3.72. The van der Waals surface area contributed by atoms with Crippen molar-refractivity contribution in [3.8, 4) is 0 Å². The summed E-state index contributed by atoms with van der Waals surface area (Å²) in [6.07, 6.45) is 3.42. The highest BCUT2D eigenvalue weighted by Crippen LogP contribution is 1.91. The number of unbranched alkanes of at least 4 members (excludes halogenated alkanes) is 2. The minimum Gasteiger partial charge on any atom is -0.396 e. The zero-order chi connectivity index (χ0) is 13.6. The van der Waals surface area contributed by atoms with Gasteiger partial charge in [0.2, 0.25) is 6.41 Å². The molecular formula is C11H21N3O4. The van der Waals surface area contributed by atoms with Crippen LogP contribution in [0.2, 0.25) is 0 Å². The molecule has 0 aliphatic carbocycles. The maximum Gasteiger partial charge on any atom is 0.309 e. The molecule has 0 aliphatic rings. The summed E-state index contributed by atoms with van der Waals surface area (Å²) >= 11 is 0. The maximum atomic E-state index is 11.3. The van der Waals surface area contributed by atoms with Gasteiger partial charge in [-0.1, -0.05) is 0 Å². The van der Waals surface area contributed by atoms with Crippen LogP contribution in [-0.2, 0) is 14.4 Å². The van der Waals surface area contributed by atoms with Crippen LogP contribution in [0.5, 0.6) is 0 Å². The molecule has 0 spiro atoms. The number of rotatable bonds is 10. The molecular weight excluding hydrogens is 238 g/mol. The number of carbonyl (C=O) groups excluding carboxylic acids is 3. The first-order chi connectivity index (χ1) is 8.72. The van der Waals surface area contributed by atoms with Crippen LogP contribution in [0.15, 0.2) is 0 Å². The van der Waals surface area contributed by atoms with E-state index in [4.69, 9.17) is 5.11 Å². The van der Waals surface area contributed by atoms with Crippen molar-refractivity contribution in [1.82, 2.24) is 16.0 Å². The van der Waals surface area contributed by atoms with Gasteiger partial charge in [-0.15, -0.1) is 0 Å². The fourth-order valence-electron chi connectivity index (χ4n) is 1.23. The smallest absolute Gasteiger partial charge is 0.309 e. The van der Waals surface area contributed by atoms with Crippen molar-refractivity contribution in [1.29, 1.82) is 0 Å². The molecule has 0 heterocycles. The summed E-state index contributed by atoms with van der Waals surface area (Å²) in [5, 5.41) is 15.9. The lowest BCUT2D eigenvalue weighted by Gasteiger charge is -2.06. The standard InChI is InChI=1S/C11H21N3O4/c15-8-3-1-2-6-13-10(17)11(18)14-7-4-5-12-9-16/h9,15H,1-8H2,(H,12,16)(H,13,17)(H,14,18). The van der Waals surface area contributed by atoms with Gasteiger partial charge in [-0.3, -0.25) is 14.4 Å². The molecule has 0 radical (unpaired) electrons. The van der Waals surface area contributed by atoms with E-state index in [2.05, 4.69) is 16.0 Å². The van der Waals surface area contributed by atoms with Crippen molar-refractivity contribution in [3.63, 3.8) is 0 Å². The monoisotopic (exact) mass is 259 g/mol. The molecule has 0 saturated carbocycles. The average molecular weight is 259 g/mol. The van der Waals surface area contributed by atoms with Crippen LogP contribution in [0.3, 0.4) is 0 Å². The summed E-state index contributed by atoms with van der Waals surface area (Å²) in [6, 6.07) is 0. The van der Waals surface area contributed by atoms with Crippen molar-refractivity contribution in [2.75, 3.05) is 26.2 Å². The van der Waals surface area contributed by atoms with Gasteiger partial charge in [0.1, 0.15) is 0 Å². The molecule has 4 N–H and O–H groups in total. The maximum absolute atomic E-state index is 11.3. The summed E-state index contributed by atoms with van der Waals surface area (Å²) in [7, 11) is 0. The topological polar surface area (TPSA) is 108 Å². The van der Waals surface area contributed by atoms with E-state index in [9.17, 15) is 14.4 Å². The minimum atomic E-state index is -0.664. The molecule has 7 nitrogen and oxygen atoms in total. The van der Waals surface area contributed by atoms with Gasteiger partial charge in [0.25, 0.3) is 0 Å². The van der Waals surface area contributed by atoms with Gasteiger partial charge in [-0.05, 0) is 25.7 Å². The number of aliphatic hydroxyl groups is 1. The molecule has 7 heteroatoms. The molecule has 0 unspecified atom stereocenters. The van der Waals surface area contributed by atoms with Crippen LogP contribution >= 0.6 is 0 Å². The van der Waals surface area contributed by atoms with Gasteiger partial charge >= 0.3 is 11.8 Å². The van der Waals surface area contributed by atoms with Gasteiger partial charge in [-0.2, -0.15) is 0 Å². The molecule has 0 rings (SSSR count). The largest absolute Gasteiger partial charge is 0.396 e. The van der Waals surface area contributed by atoms with Gasteiger partial charge in [0.15, 0.2) is 0 Å². The van der Waals surface area contributed by atoms with E-state index in [1.54, 1.807) is 0 Å². The number of nitrogens with one attached hydrogen (secondary N) is 3. The van der Waals surface area contributed by atoms with E-state index < -0.39 is 11.8 Å². The highest BCUT2D eigenvalue weighted by molar-refractivity contribution is 6.35. The zero-order valence-corrected chi connectivity index (χ0v) is 10.4. The van der Waals surface area contributed by atoms with E-state index in [0.717, 1.165) is 12.8 Å². The Morgan fingerprint density at radius 3 is 2.06 bits per heavy atom. The first-order valence-corrected chi connectivity index (χ1v) is 6.06. The molecule has 0 saturated heterocycles. The Hall–Kier alpha value is -1.63. The van der Waals surface area contributed by atoms with Crippen LogP contribution in [-0.4, -0.2) is 49.6 Å². The lowest BCUT2D eigenvalue weighted by molar-refractivity contribution is -0.139. The first kappa shape index (κ1) is 16.4. The highest BCUT2D eigenvalue weighted by Gasteiger charge is 2.11.